The highest BCUT2D eigenvalue weighted by Crippen LogP contribution is 2.22. The van der Waals surface area contributed by atoms with Gasteiger partial charge in [0, 0.05) is 18.8 Å². The Bertz CT molecular complexity index is 280. The Morgan fingerprint density at radius 1 is 1.21 bits per heavy atom. The highest BCUT2D eigenvalue weighted by atomic mass is 15.1. The van der Waals surface area contributed by atoms with Crippen LogP contribution in [0.4, 0.5) is 5.69 Å². The predicted molar refractivity (Wildman–Crippen MR) is 64.0 cm³/mol. The molecule has 0 N–H and O–H groups in total. The Kier molecular flexibility index (Phi) is 3.99. The number of nitrogens with zero attached hydrogens (tertiary/aromatic N) is 1. The third-order valence-electron chi connectivity index (χ3n) is 3.00. The van der Waals surface area contributed by atoms with Gasteiger partial charge in [-0.1, -0.05) is 32.0 Å². The van der Waals surface area contributed by atoms with Gasteiger partial charge in [-0.3, -0.25) is 0 Å². The van der Waals surface area contributed by atoms with E-state index in [1.807, 2.05) is 0 Å². The van der Waals surface area contributed by atoms with Crippen LogP contribution in [0.2, 0.25) is 0 Å². The molecule has 0 saturated carbocycles. The predicted octanol–water partition coefficient (Wildman–Crippen LogP) is 3.48. The second kappa shape index (κ2) is 5.04. The molecule has 1 heteroatoms. The Morgan fingerprint density at radius 3 is 2.43 bits per heavy atom. The van der Waals surface area contributed by atoms with Crippen molar-refractivity contribution < 1.29 is 0 Å². The van der Waals surface area contributed by atoms with Gasteiger partial charge in [-0.05, 0) is 31.4 Å². The average molecular weight is 191 g/mol. The number of hydrogen-bond acceptors (Lipinski definition) is 1. The first kappa shape index (κ1) is 11.1. The molecule has 0 aliphatic carbocycles. The lowest BCUT2D eigenvalue weighted by atomic mass is 10.1. The van der Waals surface area contributed by atoms with Gasteiger partial charge < -0.3 is 4.90 Å². The van der Waals surface area contributed by atoms with Crippen LogP contribution in [0.1, 0.15) is 32.8 Å². The number of para-hydroxylation sites is 1. The van der Waals surface area contributed by atoms with E-state index in [2.05, 4.69) is 57.0 Å². The highest BCUT2D eigenvalue weighted by Gasteiger charge is 2.10. The summed E-state index contributed by atoms with van der Waals surface area (Å²) < 4.78 is 0. The summed E-state index contributed by atoms with van der Waals surface area (Å²) >= 11 is 0. The molecule has 0 aliphatic heterocycles. The van der Waals surface area contributed by atoms with Crippen LogP contribution in [-0.4, -0.2) is 13.1 Å². The number of rotatable bonds is 4. The van der Waals surface area contributed by atoms with E-state index in [1.54, 1.807) is 0 Å². The second-order valence-electron chi connectivity index (χ2n) is 3.85. The Morgan fingerprint density at radius 2 is 1.86 bits per heavy atom. The van der Waals surface area contributed by atoms with Gasteiger partial charge in [0.2, 0.25) is 0 Å². The average Bonchev–Trinajstić information content (AvgIpc) is 2.26. The molecule has 1 aromatic carbocycles. The van der Waals surface area contributed by atoms with Gasteiger partial charge in [-0.25, -0.2) is 0 Å². The number of aryl methyl sites for hydroxylation is 1. The minimum absolute atomic E-state index is 0.614. The summed E-state index contributed by atoms with van der Waals surface area (Å²) in [6, 6.07) is 9.28. The molecule has 0 bridgehead atoms. The summed E-state index contributed by atoms with van der Waals surface area (Å²) in [5.41, 5.74) is 2.82. The summed E-state index contributed by atoms with van der Waals surface area (Å²) in [6.07, 6.45) is 2.30. The first-order chi connectivity index (χ1) is 6.70. The molecule has 0 heterocycles. The first-order valence-corrected chi connectivity index (χ1v) is 5.51. The molecular formula is C13H21N. The van der Waals surface area contributed by atoms with Crippen molar-refractivity contribution in [3.05, 3.63) is 29.8 Å². The minimum Gasteiger partial charge on any atom is -0.372 e. The molecule has 0 saturated heterocycles. The van der Waals surface area contributed by atoms with Gasteiger partial charge in [0.1, 0.15) is 0 Å². The van der Waals surface area contributed by atoms with Crippen molar-refractivity contribution in [1.29, 1.82) is 0 Å². The Hall–Kier alpha value is -0.980. The maximum absolute atomic E-state index is 2.37. The van der Waals surface area contributed by atoms with Crippen molar-refractivity contribution in [3.8, 4) is 0 Å². The zero-order valence-corrected chi connectivity index (χ0v) is 9.75. The highest BCUT2D eigenvalue weighted by molar-refractivity contribution is 5.53. The Balaban J connectivity index is 2.93. The van der Waals surface area contributed by atoms with E-state index in [0.717, 1.165) is 6.42 Å². The summed E-state index contributed by atoms with van der Waals surface area (Å²) in [6.45, 7) is 6.71. The van der Waals surface area contributed by atoms with Crippen LogP contribution in [-0.2, 0) is 6.42 Å². The normalized spacial score (nSPS) is 12.6. The zero-order chi connectivity index (χ0) is 10.6. The Labute approximate surface area is 87.7 Å². The van der Waals surface area contributed by atoms with Crippen LogP contribution in [0.3, 0.4) is 0 Å². The monoisotopic (exact) mass is 191 g/mol. The molecular weight excluding hydrogens is 170 g/mol. The fourth-order valence-corrected chi connectivity index (χ4v) is 1.67. The lowest BCUT2D eigenvalue weighted by molar-refractivity contribution is 0.661. The summed E-state index contributed by atoms with van der Waals surface area (Å²) in [4.78, 5) is 2.37. The fraction of sp³-hybridized carbons (Fsp3) is 0.538. The third-order valence-corrected chi connectivity index (χ3v) is 3.00. The van der Waals surface area contributed by atoms with Gasteiger partial charge in [-0.15, -0.1) is 0 Å². The molecule has 1 unspecified atom stereocenters. The number of benzene rings is 1. The van der Waals surface area contributed by atoms with Crippen LogP contribution < -0.4 is 4.90 Å². The van der Waals surface area contributed by atoms with Crippen molar-refractivity contribution in [1.82, 2.24) is 0 Å². The lowest BCUT2D eigenvalue weighted by Gasteiger charge is -2.28. The van der Waals surface area contributed by atoms with E-state index >= 15 is 0 Å². The quantitative estimate of drug-likeness (QED) is 0.704. The van der Waals surface area contributed by atoms with E-state index in [4.69, 9.17) is 0 Å². The van der Waals surface area contributed by atoms with Gasteiger partial charge in [0.05, 0.1) is 0 Å². The summed E-state index contributed by atoms with van der Waals surface area (Å²) in [5.74, 6) is 0. The summed E-state index contributed by atoms with van der Waals surface area (Å²) in [5, 5.41) is 0. The van der Waals surface area contributed by atoms with E-state index in [0.29, 0.717) is 6.04 Å². The van der Waals surface area contributed by atoms with Crippen molar-refractivity contribution in [2.24, 2.45) is 0 Å². The number of hydrogen-bond donors (Lipinski definition) is 0. The fourth-order valence-electron chi connectivity index (χ4n) is 1.67. The van der Waals surface area contributed by atoms with Gasteiger partial charge in [-0.2, -0.15) is 0 Å². The van der Waals surface area contributed by atoms with E-state index in [9.17, 15) is 0 Å². The molecule has 1 nitrogen and oxygen atoms in total. The third kappa shape index (κ3) is 2.28. The van der Waals surface area contributed by atoms with Crippen molar-refractivity contribution in [3.63, 3.8) is 0 Å². The van der Waals surface area contributed by atoms with Crippen LogP contribution in [0.5, 0.6) is 0 Å². The molecule has 14 heavy (non-hydrogen) atoms. The zero-order valence-electron chi connectivity index (χ0n) is 9.75. The molecule has 0 aromatic heterocycles. The molecule has 0 aliphatic rings. The van der Waals surface area contributed by atoms with Crippen molar-refractivity contribution in [2.75, 3.05) is 11.9 Å². The van der Waals surface area contributed by atoms with Crippen molar-refractivity contribution >= 4 is 5.69 Å². The standard InChI is InChI=1S/C13H21N/c1-5-11(3)14(4)13-10-8-7-9-12(13)6-2/h7-11H,5-6H2,1-4H3. The molecule has 0 radical (unpaired) electrons. The molecule has 0 amide bonds. The van der Waals surface area contributed by atoms with Gasteiger partial charge >= 0.3 is 0 Å². The smallest absolute Gasteiger partial charge is 0.0398 e. The maximum atomic E-state index is 2.37. The van der Waals surface area contributed by atoms with Crippen LogP contribution >= 0.6 is 0 Å². The van der Waals surface area contributed by atoms with Crippen molar-refractivity contribution in [2.45, 2.75) is 39.7 Å². The SMILES string of the molecule is CCc1ccccc1N(C)C(C)CC. The molecule has 0 fully saturated rings. The second-order valence-corrected chi connectivity index (χ2v) is 3.85. The lowest BCUT2D eigenvalue weighted by Crippen LogP contribution is -2.28. The minimum atomic E-state index is 0.614. The van der Waals surface area contributed by atoms with E-state index < -0.39 is 0 Å². The molecule has 1 aromatic rings. The van der Waals surface area contributed by atoms with Crippen LogP contribution in [0, 0.1) is 0 Å². The first-order valence-electron chi connectivity index (χ1n) is 5.51. The van der Waals surface area contributed by atoms with E-state index in [-0.39, 0.29) is 0 Å². The topological polar surface area (TPSA) is 3.24 Å². The molecule has 1 atom stereocenters. The molecule has 0 spiro atoms. The molecule has 1 rings (SSSR count). The van der Waals surface area contributed by atoms with Crippen LogP contribution in [0.15, 0.2) is 24.3 Å². The van der Waals surface area contributed by atoms with Gasteiger partial charge in [0.15, 0.2) is 0 Å². The largest absolute Gasteiger partial charge is 0.372 e. The maximum Gasteiger partial charge on any atom is 0.0398 e. The van der Waals surface area contributed by atoms with Gasteiger partial charge in [0.25, 0.3) is 0 Å². The van der Waals surface area contributed by atoms with E-state index in [1.165, 1.54) is 17.7 Å². The number of anilines is 1. The molecule has 78 valence electrons. The summed E-state index contributed by atoms with van der Waals surface area (Å²) in [7, 11) is 2.18. The van der Waals surface area contributed by atoms with Crippen LogP contribution in [0.25, 0.3) is 0 Å².